The minimum Gasteiger partial charge on any atom is -0.269 e. The predicted octanol–water partition coefficient (Wildman–Crippen LogP) is 1.69. The fraction of sp³-hybridized carbons (Fsp3) is 0.667. The first kappa shape index (κ1) is 11.6. The molecule has 10 heavy (non-hydrogen) atoms. The normalized spacial score (nSPS) is 10.3. The van der Waals surface area contributed by atoms with Gasteiger partial charge in [0.2, 0.25) is 0 Å². The Labute approximate surface area is 58.2 Å². The van der Waals surface area contributed by atoms with Crippen LogP contribution in [0.15, 0.2) is 0 Å². The van der Waals surface area contributed by atoms with Crippen molar-refractivity contribution >= 4 is 0 Å². The zero-order chi connectivity index (χ0) is 7.11. The number of unbranched alkanes of at least 4 members (excludes halogenated alkanes) is 1. The Morgan fingerprint density at radius 1 is 1.40 bits per heavy atom. The maximum absolute atomic E-state index is 12.0. The summed E-state index contributed by atoms with van der Waals surface area (Å²) in [6.07, 6.45) is -0.393. The highest BCUT2D eigenvalue weighted by atomic mass is 19.1. The molecule has 0 bridgehead atoms. The van der Waals surface area contributed by atoms with E-state index in [1.165, 1.54) is 6.07 Å². The molecule has 0 saturated carbocycles. The van der Waals surface area contributed by atoms with Crippen molar-refractivity contribution in [3.63, 3.8) is 0 Å². The minimum absolute atomic E-state index is 0. The molecule has 0 aliphatic carbocycles. The van der Waals surface area contributed by atoms with Crippen molar-refractivity contribution < 1.29 is 9.09 Å². The zero-order valence-corrected chi connectivity index (χ0v) is 5.38. The average molecular weight is 146 g/mol. The van der Waals surface area contributed by atoms with Gasteiger partial charge in [0.05, 0.1) is 12.1 Å². The van der Waals surface area contributed by atoms with Gasteiger partial charge in [-0.1, -0.05) is 0 Å². The van der Waals surface area contributed by atoms with Crippen molar-refractivity contribution in [2.75, 3.05) is 0 Å². The molecule has 0 aromatic rings. The molecular formula is C6H8F2N2. The van der Waals surface area contributed by atoms with Crippen molar-refractivity contribution in [1.82, 2.24) is 0 Å². The van der Waals surface area contributed by atoms with E-state index in [9.17, 15) is 4.39 Å². The first-order valence-electron chi connectivity index (χ1n) is 2.72. The van der Waals surface area contributed by atoms with E-state index in [2.05, 4.69) is 0 Å². The SMILES string of the molecule is F.N#CCCCC(F)C#N. The number of alkyl halides is 1. The molecule has 2 nitrogen and oxygen atoms in total. The van der Waals surface area contributed by atoms with Crippen LogP contribution in [0.1, 0.15) is 19.3 Å². The molecule has 0 aliphatic rings. The van der Waals surface area contributed by atoms with Gasteiger partial charge in [0, 0.05) is 6.42 Å². The molecule has 1 atom stereocenters. The molecule has 0 saturated heterocycles. The van der Waals surface area contributed by atoms with Gasteiger partial charge in [-0.05, 0) is 12.8 Å². The number of nitrogens with zero attached hydrogens (tertiary/aromatic N) is 2. The van der Waals surface area contributed by atoms with Crippen LogP contribution < -0.4 is 0 Å². The monoisotopic (exact) mass is 146 g/mol. The van der Waals surface area contributed by atoms with Crippen LogP contribution in [0.3, 0.4) is 0 Å². The van der Waals surface area contributed by atoms with Crippen LogP contribution in [0.2, 0.25) is 0 Å². The lowest BCUT2D eigenvalue weighted by molar-refractivity contribution is 0.380. The Hall–Kier alpha value is -1.16. The second-order valence-electron chi connectivity index (χ2n) is 1.65. The van der Waals surface area contributed by atoms with Gasteiger partial charge in [-0.3, -0.25) is 4.70 Å². The quantitative estimate of drug-likeness (QED) is 0.569. The molecule has 0 aromatic heterocycles. The highest BCUT2D eigenvalue weighted by Gasteiger charge is 2.01. The fourth-order valence-corrected chi connectivity index (χ4v) is 0.425. The van der Waals surface area contributed by atoms with Crippen molar-refractivity contribution in [2.24, 2.45) is 0 Å². The Morgan fingerprint density at radius 3 is 2.40 bits per heavy atom. The molecule has 0 rings (SSSR count). The van der Waals surface area contributed by atoms with E-state index in [1.54, 1.807) is 0 Å². The van der Waals surface area contributed by atoms with Gasteiger partial charge in [-0.15, -0.1) is 0 Å². The molecular weight excluding hydrogens is 138 g/mol. The first-order chi connectivity index (χ1) is 4.31. The molecule has 56 valence electrons. The number of halogens is 2. The minimum atomic E-state index is -1.39. The highest BCUT2D eigenvalue weighted by molar-refractivity contribution is 4.83. The third-order valence-electron chi connectivity index (χ3n) is 0.886. The number of hydrogen-bond acceptors (Lipinski definition) is 2. The average Bonchev–Trinajstić information content (AvgIpc) is 1.89. The maximum atomic E-state index is 12.0. The Morgan fingerprint density at radius 2 is 2.00 bits per heavy atom. The van der Waals surface area contributed by atoms with E-state index >= 15 is 0 Å². The Kier molecular flexibility index (Phi) is 9.11. The lowest BCUT2D eigenvalue weighted by atomic mass is 10.2. The van der Waals surface area contributed by atoms with Crippen molar-refractivity contribution in [1.29, 1.82) is 10.5 Å². The standard InChI is InChI=1S/C6H7FN2.FH/c7-6(5-9)3-1-2-4-8;/h6H,1-3H2;1H. The Bertz CT molecular complexity index is 145. The van der Waals surface area contributed by atoms with Crippen LogP contribution in [-0.4, -0.2) is 6.17 Å². The summed E-state index contributed by atoms with van der Waals surface area (Å²) < 4.78 is 12.0. The molecule has 0 N–H and O–H groups in total. The van der Waals surface area contributed by atoms with Gasteiger partial charge < -0.3 is 0 Å². The van der Waals surface area contributed by atoms with Crippen LogP contribution in [0.25, 0.3) is 0 Å². The van der Waals surface area contributed by atoms with E-state index in [1.807, 2.05) is 6.07 Å². The van der Waals surface area contributed by atoms with E-state index < -0.39 is 6.17 Å². The fourth-order valence-electron chi connectivity index (χ4n) is 0.425. The summed E-state index contributed by atoms with van der Waals surface area (Å²) in [6, 6.07) is 3.32. The summed E-state index contributed by atoms with van der Waals surface area (Å²) in [7, 11) is 0. The Balaban J connectivity index is 0. The second-order valence-corrected chi connectivity index (χ2v) is 1.65. The van der Waals surface area contributed by atoms with Crippen LogP contribution in [-0.2, 0) is 0 Å². The van der Waals surface area contributed by atoms with Gasteiger partial charge in [-0.25, -0.2) is 4.39 Å². The van der Waals surface area contributed by atoms with Crippen LogP contribution in [0, 0.1) is 22.7 Å². The van der Waals surface area contributed by atoms with Gasteiger partial charge in [0.25, 0.3) is 0 Å². The molecule has 0 amide bonds. The second kappa shape index (κ2) is 7.84. The summed E-state index contributed by atoms with van der Waals surface area (Å²) >= 11 is 0. The molecule has 0 heterocycles. The topological polar surface area (TPSA) is 47.6 Å². The van der Waals surface area contributed by atoms with E-state index in [0.29, 0.717) is 12.8 Å². The molecule has 0 spiro atoms. The third-order valence-corrected chi connectivity index (χ3v) is 0.886. The zero-order valence-electron chi connectivity index (χ0n) is 5.38. The van der Waals surface area contributed by atoms with Gasteiger partial charge in [0.15, 0.2) is 6.17 Å². The summed E-state index contributed by atoms with van der Waals surface area (Å²) in [4.78, 5) is 0. The number of rotatable bonds is 3. The smallest absolute Gasteiger partial charge is 0.186 e. The highest BCUT2D eigenvalue weighted by Crippen LogP contribution is 2.01. The van der Waals surface area contributed by atoms with E-state index in [4.69, 9.17) is 10.5 Å². The van der Waals surface area contributed by atoms with Gasteiger partial charge in [-0.2, -0.15) is 10.5 Å². The van der Waals surface area contributed by atoms with Gasteiger partial charge in [0.1, 0.15) is 0 Å². The summed E-state index contributed by atoms with van der Waals surface area (Å²) in [6.45, 7) is 0. The first-order valence-corrected chi connectivity index (χ1v) is 2.72. The van der Waals surface area contributed by atoms with Crippen molar-refractivity contribution in [3.8, 4) is 12.1 Å². The number of nitriles is 2. The lowest BCUT2D eigenvalue weighted by Gasteiger charge is -1.91. The van der Waals surface area contributed by atoms with E-state index in [-0.39, 0.29) is 11.1 Å². The molecule has 0 fully saturated rings. The van der Waals surface area contributed by atoms with Gasteiger partial charge >= 0.3 is 0 Å². The maximum Gasteiger partial charge on any atom is 0.186 e. The molecule has 0 aliphatic heterocycles. The van der Waals surface area contributed by atoms with Crippen molar-refractivity contribution in [2.45, 2.75) is 25.4 Å². The largest absolute Gasteiger partial charge is 0.269 e. The van der Waals surface area contributed by atoms with Crippen LogP contribution >= 0.6 is 0 Å². The summed E-state index contributed by atoms with van der Waals surface area (Å²) in [5, 5.41) is 15.9. The lowest BCUT2D eigenvalue weighted by Crippen LogP contribution is -1.93. The molecule has 4 heteroatoms. The molecule has 0 aromatic carbocycles. The third kappa shape index (κ3) is 6.84. The summed E-state index contributed by atoms with van der Waals surface area (Å²) in [5.74, 6) is 0. The molecule has 1 unspecified atom stereocenters. The van der Waals surface area contributed by atoms with E-state index in [0.717, 1.165) is 0 Å². The van der Waals surface area contributed by atoms with Crippen molar-refractivity contribution in [3.05, 3.63) is 0 Å². The van der Waals surface area contributed by atoms with Crippen LogP contribution in [0.4, 0.5) is 9.09 Å². The summed E-state index contributed by atoms with van der Waals surface area (Å²) in [5.41, 5.74) is 0. The predicted molar refractivity (Wildman–Crippen MR) is 32.5 cm³/mol. The van der Waals surface area contributed by atoms with Crippen LogP contribution in [0.5, 0.6) is 0 Å². The number of hydrogen-bond donors (Lipinski definition) is 0. The molecule has 0 radical (unpaired) electrons.